The van der Waals surface area contributed by atoms with Crippen LogP contribution >= 0.6 is 0 Å². The van der Waals surface area contributed by atoms with E-state index in [2.05, 4.69) is 6.58 Å². The molecule has 0 fully saturated rings. The number of esters is 1. The molecule has 1 unspecified atom stereocenters. The first kappa shape index (κ1) is 18.4. The third kappa shape index (κ3) is 5.24. The molecular formula is C15H14F3NO4. The molecule has 5 nitrogen and oxygen atoms in total. The number of nitrogens with one attached hydrogen (secondary N) is 1. The maximum absolute atomic E-state index is 12.4. The second kappa shape index (κ2) is 7.08. The molecule has 0 aliphatic heterocycles. The van der Waals surface area contributed by atoms with Crippen LogP contribution in [-0.2, 0) is 20.5 Å². The standard InChI is InChI=1S/C15H14F3NO4/c1-8(2)14(22)23-9(3)12(20)19-13(21)10-4-6-11(7-5-10)15(16,17)18/h4-7,9H,1H2,2-3H3,(H,19,20,21). The van der Waals surface area contributed by atoms with Crippen molar-refractivity contribution in [1.29, 1.82) is 0 Å². The highest BCUT2D eigenvalue weighted by Crippen LogP contribution is 2.29. The van der Waals surface area contributed by atoms with Gasteiger partial charge in [0.1, 0.15) is 0 Å². The number of carbonyl (C=O) groups excluding carboxylic acids is 3. The van der Waals surface area contributed by atoms with Crippen molar-refractivity contribution in [3.8, 4) is 0 Å². The van der Waals surface area contributed by atoms with Crippen LogP contribution in [0.25, 0.3) is 0 Å². The Morgan fingerprint density at radius 2 is 1.70 bits per heavy atom. The molecule has 0 saturated heterocycles. The topological polar surface area (TPSA) is 72.5 Å². The van der Waals surface area contributed by atoms with Gasteiger partial charge in [-0.3, -0.25) is 14.9 Å². The number of amides is 2. The summed E-state index contributed by atoms with van der Waals surface area (Å²) in [6.07, 6.45) is -5.77. The van der Waals surface area contributed by atoms with E-state index < -0.39 is 35.6 Å². The lowest BCUT2D eigenvalue weighted by Crippen LogP contribution is -2.39. The fourth-order valence-electron chi connectivity index (χ4n) is 1.41. The number of carbonyl (C=O) groups is 3. The molecule has 0 saturated carbocycles. The van der Waals surface area contributed by atoms with Gasteiger partial charge >= 0.3 is 12.1 Å². The second-order valence-electron chi connectivity index (χ2n) is 4.72. The fraction of sp³-hybridized carbons (Fsp3) is 0.267. The third-order valence-corrected chi connectivity index (χ3v) is 2.71. The number of halogens is 3. The van der Waals surface area contributed by atoms with Gasteiger partial charge in [0.05, 0.1) is 5.56 Å². The molecule has 2 amide bonds. The first-order chi connectivity index (χ1) is 10.5. The largest absolute Gasteiger partial charge is 0.449 e. The molecule has 0 aromatic heterocycles. The molecule has 8 heteroatoms. The van der Waals surface area contributed by atoms with Crippen molar-refractivity contribution >= 4 is 17.8 Å². The van der Waals surface area contributed by atoms with Crippen LogP contribution in [0, 0.1) is 0 Å². The summed E-state index contributed by atoms with van der Waals surface area (Å²) in [5.74, 6) is -2.60. The molecule has 0 radical (unpaired) electrons. The zero-order valence-electron chi connectivity index (χ0n) is 12.4. The number of alkyl halides is 3. The van der Waals surface area contributed by atoms with E-state index in [0.29, 0.717) is 0 Å². The van der Waals surface area contributed by atoms with Crippen LogP contribution in [-0.4, -0.2) is 23.9 Å². The first-order valence-electron chi connectivity index (χ1n) is 6.41. The zero-order chi connectivity index (χ0) is 17.8. The van der Waals surface area contributed by atoms with Crippen molar-refractivity contribution in [2.24, 2.45) is 0 Å². The van der Waals surface area contributed by atoms with E-state index in [4.69, 9.17) is 4.74 Å². The minimum Gasteiger partial charge on any atom is -0.449 e. The third-order valence-electron chi connectivity index (χ3n) is 2.71. The molecule has 1 rings (SSSR count). The quantitative estimate of drug-likeness (QED) is 0.680. The van der Waals surface area contributed by atoms with Gasteiger partial charge in [0.15, 0.2) is 6.10 Å². The van der Waals surface area contributed by atoms with Gasteiger partial charge in [0.2, 0.25) is 0 Å². The average molecular weight is 329 g/mol. The summed E-state index contributed by atoms with van der Waals surface area (Å²) >= 11 is 0. The van der Waals surface area contributed by atoms with Gasteiger partial charge in [-0.25, -0.2) is 4.79 Å². The Labute approximate surface area is 130 Å². The number of ether oxygens (including phenoxy) is 1. The summed E-state index contributed by atoms with van der Waals surface area (Å²) in [4.78, 5) is 34.7. The molecule has 124 valence electrons. The monoisotopic (exact) mass is 329 g/mol. The van der Waals surface area contributed by atoms with Gasteiger partial charge < -0.3 is 4.74 Å². The molecule has 1 N–H and O–H groups in total. The highest BCUT2D eigenvalue weighted by atomic mass is 19.4. The second-order valence-corrected chi connectivity index (χ2v) is 4.72. The van der Waals surface area contributed by atoms with Gasteiger partial charge in [-0.15, -0.1) is 0 Å². The lowest BCUT2D eigenvalue weighted by molar-refractivity contribution is -0.150. The molecule has 0 aliphatic rings. The van der Waals surface area contributed by atoms with Gasteiger partial charge in [-0.1, -0.05) is 6.58 Å². The summed E-state index contributed by atoms with van der Waals surface area (Å²) in [6.45, 7) is 5.97. The number of imide groups is 1. The van der Waals surface area contributed by atoms with Gasteiger partial charge in [-0.2, -0.15) is 13.2 Å². The molecular weight excluding hydrogens is 315 g/mol. The molecule has 1 atom stereocenters. The van der Waals surface area contributed by atoms with Crippen LogP contribution in [0.2, 0.25) is 0 Å². The fourth-order valence-corrected chi connectivity index (χ4v) is 1.41. The molecule has 23 heavy (non-hydrogen) atoms. The summed E-state index contributed by atoms with van der Waals surface area (Å²) < 4.78 is 42.0. The number of hydrogen-bond acceptors (Lipinski definition) is 4. The average Bonchev–Trinajstić information content (AvgIpc) is 2.46. The lowest BCUT2D eigenvalue weighted by atomic mass is 10.1. The van der Waals surface area contributed by atoms with Gasteiger partial charge in [-0.05, 0) is 38.1 Å². The van der Waals surface area contributed by atoms with Crippen molar-refractivity contribution in [2.45, 2.75) is 26.1 Å². The maximum Gasteiger partial charge on any atom is 0.416 e. The summed E-state index contributed by atoms with van der Waals surface area (Å²) in [7, 11) is 0. The van der Waals surface area contributed by atoms with Crippen LogP contribution in [0.4, 0.5) is 13.2 Å². The van der Waals surface area contributed by atoms with E-state index in [9.17, 15) is 27.6 Å². The summed E-state index contributed by atoms with van der Waals surface area (Å²) in [5, 5.41) is 1.93. The normalized spacial score (nSPS) is 12.2. The Bertz CT molecular complexity index is 635. The molecule has 1 aromatic rings. The Morgan fingerprint density at radius 3 is 2.13 bits per heavy atom. The van der Waals surface area contributed by atoms with E-state index in [0.717, 1.165) is 24.3 Å². The van der Waals surface area contributed by atoms with Crippen LogP contribution in [0.15, 0.2) is 36.4 Å². The maximum atomic E-state index is 12.4. The lowest BCUT2D eigenvalue weighted by Gasteiger charge is -2.13. The Kier molecular flexibility index (Phi) is 5.67. The van der Waals surface area contributed by atoms with Crippen LogP contribution < -0.4 is 5.32 Å². The SMILES string of the molecule is C=C(C)C(=O)OC(C)C(=O)NC(=O)c1ccc(C(F)(F)F)cc1. The molecule has 0 aliphatic carbocycles. The summed E-state index contributed by atoms with van der Waals surface area (Å²) in [5.41, 5.74) is -0.965. The van der Waals surface area contributed by atoms with E-state index >= 15 is 0 Å². The minimum atomic E-state index is -4.52. The molecule has 0 heterocycles. The summed E-state index contributed by atoms with van der Waals surface area (Å²) in [6, 6.07) is 3.33. The van der Waals surface area contributed by atoms with E-state index in [-0.39, 0.29) is 11.1 Å². The van der Waals surface area contributed by atoms with Crippen molar-refractivity contribution < 1.29 is 32.3 Å². The van der Waals surface area contributed by atoms with Crippen LogP contribution in [0.1, 0.15) is 29.8 Å². The van der Waals surface area contributed by atoms with Crippen molar-refractivity contribution in [2.75, 3.05) is 0 Å². The van der Waals surface area contributed by atoms with Crippen LogP contribution in [0.3, 0.4) is 0 Å². The Morgan fingerprint density at radius 1 is 1.17 bits per heavy atom. The van der Waals surface area contributed by atoms with Crippen molar-refractivity contribution in [1.82, 2.24) is 5.32 Å². The number of hydrogen-bond donors (Lipinski definition) is 1. The van der Waals surface area contributed by atoms with Gasteiger partial charge in [0, 0.05) is 11.1 Å². The highest BCUT2D eigenvalue weighted by molar-refractivity contribution is 6.06. The predicted molar refractivity (Wildman–Crippen MR) is 74.3 cm³/mol. The highest BCUT2D eigenvalue weighted by Gasteiger charge is 2.30. The van der Waals surface area contributed by atoms with Crippen molar-refractivity contribution in [3.63, 3.8) is 0 Å². The van der Waals surface area contributed by atoms with Crippen molar-refractivity contribution in [3.05, 3.63) is 47.5 Å². The molecule has 0 spiro atoms. The van der Waals surface area contributed by atoms with E-state index in [1.54, 1.807) is 0 Å². The predicted octanol–water partition coefficient (Wildman–Crippen LogP) is 2.47. The van der Waals surface area contributed by atoms with Crippen LogP contribution in [0.5, 0.6) is 0 Å². The van der Waals surface area contributed by atoms with E-state index in [1.165, 1.54) is 13.8 Å². The zero-order valence-corrected chi connectivity index (χ0v) is 12.4. The molecule has 0 bridgehead atoms. The first-order valence-corrected chi connectivity index (χ1v) is 6.41. The Hall–Kier alpha value is -2.64. The smallest absolute Gasteiger partial charge is 0.416 e. The minimum absolute atomic E-state index is 0.0821. The number of benzene rings is 1. The van der Waals surface area contributed by atoms with E-state index in [1.807, 2.05) is 5.32 Å². The van der Waals surface area contributed by atoms with Gasteiger partial charge in [0.25, 0.3) is 11.8 Å². The molecule has 1 aromatic carbocycles. The Balaban J connectivity index is 2.70. The number of rotatable bonds is 4.